The van der Waals surface area contributed by atoms with E-state index in [1.54, 1.807) is 6.26 Å². The molecule has 0 amide bonds. The highest BCUT2D eigenvalue weighted by Gasteiger charge is 2.38. The zero-order valence-electron chi connectivity index (χ0n) is 13.0. The van der Waals surface area contributed by atoms with E-state index in [-0.39, 0.29) is 5.54 Å². The van der Waals surface area contributed by atoms with E-state index >= 15 is 0 Å². The van der Waals surface area contributed by atoms with E-state index in [0.29, 0.717) is 12.1 Å². The van der Waals surface area contributed by atoms with Gasteiger partial charge in [0.25, 0.3) is 0 Å². The molecular weight excluding hydrogens is 260 g/mol. The van der Waals surface area contributed by atoms with Gasteiger partial charge in [-0.25, -0.2) is 0 Å². The third-order valence-corrected chi connectivity index (χ3v) is 4.72. The van der Waals surface area contributed by atoms with Gasteiger partial charge in [-0.3, -0.25) is 4.90 Å². The van der Waals surface area contributed by atoms with Crippen LogP contribution in [0.15, 0.2) is 53.1 Å². The minimum Gasteiger partial charge on any atom is -0.468 e. The Labute approximate surface area is 127 Å². The SMILES string of the molecule is CC1CNC(C)(c2ccccc2)CN1C(C)c1ccco1. The van der Waals surface area contributed by atoms with Gasteiger partial charge in [0.1, 0.15) is 5.76 Å². The van der Waals surface area contributed by atoms with Crippen LogP contribution in [0.4, 0.5) is 0 Å². The van der Waals surface area contributed by atoms with Crippen molar-refractivity contribution in [3.05, 3.63) is 60.1 Å². The Morgan fingerprint density at radius 3 is 2.67 bits per heavy atom. The number of piperazine rings is 1. The number of hydrogen-bond donors (Lipinski definition) is 1. The Morgan fingerprint density at radius 2 is 2.00 bits per heavy atom. The van der Waals surface area contributed by atoms with E-state index in [1.807, 2.05) is 6.07 Å². The maximum atomic E-state index is 5.61. The summed E-state index contributed by atoms with van der Waals surface area (Å²) < 4.78 is 5.61. The average molecular weight is 284 g/mol. The Hall–Kier alpha value is -1.58. The van der Waals surface area contributed by atoms with E-state index in [0.717, 1.165) is 18.8 Å². The Balaban J connectivity index is 1.85. The Morgan fingerprint density at radius 1 is 1.24 bits per heavy atom. The van der Waals surface area contributed by atoms with Gasteiger partial charge in [0.05, 0.1) is 17.8 Å². The second-order valence-electron chi connectivity index (χ2n) is 6.29. The van der Waals surface area contributed by atoms with Gasteiger partial charge in [-0.1, -0.05) is 30.3 Å². The lowest BCUT2D eigenvalue weighted by molar-refractivity contribution is 0.0520. The van der Waals surface area contributed by atoms with E-state index in [1.165, 1.54) is 5.56 Å². The molecule has 2 heterocycles. The normalized spacial score (nSPS) is 28.4. The molecule has 0 saturated carbocycles. The lowest BCUT2D eigenvalue weighted by atomic mass is 9.87. The van der Waals surface area contributed by atoms with Gasteiger partial charge < -0.3 is 9.73 Å². The predicted molar refractivity (Wildman–Crippen MR) is 85.1 cm³/mol. The number of hydrogen-bond acceptors (Lipinski definition) is 3. The van der Waals surface area contributed by atoms with Crippen LogP contribution in [0.5, 0.6) is 0 Å². The quantitative estimate of drug-likeness (QED) is 0.934. The van der Waals surface area contributed by atoms with Crippen molar-refractivity contribution < 1.29 is 4.42 Å². The zero-order chi connectivity index (χ0) is 14.9. The molecule has 0 spiro atoms. The van der Waals surface area contributed by atoms with E-state index < -0.39 is 0 Å². The molecular formula is C18H24N2O. The average Bonchev–Trinajstić information content (AvgIpc) is 3.04. The molecule has 0 bridgehead atoms. The first-order chi connectivity index (χ1) is 10.1. The van der Waals surface area contributed by atoms with Crippen molar-refractivity contribution in [2.24, 2.45) is 0 Å². The second-order valence-corrected chi connectivity index (χ2v) is 6.29. The number of rotatable bonds is 3. The van der Waals surface area contributed by atoms with Crippen LogP contribution >= 0.6 is 0 Å². The van der Waals surface area contributed by atoms with Crippen molar-refractivity contribution >= 4 is 0 Å². The number of nitrogens with zero attached hydrogens (tertiary/aromatic N) is 1. The summed E-state index contributed by atoms with van der Waals surface area (Å²) in [7, 11) is 0. The Kier molecular flexibility index (Phi) is 3.87. The summed E-state index contributed by atoms with van der Waals surface area (Å²) in [4.78, 5) is 2.53. The molecule has 1 aliphatic rings. The highest BCUT2D eigenvalue weighted by atomic mass is 16.3. The van der Waals surface area contributed by atoms with Crippen LogP contribution in [0.25, 0.3) is 0 Å². The minimum atomic E-state index is -0.0192. The van der Waals surface area contributed by atoms with Crippen molar-refractivity contribution in [2.75, 3.05) is 13.1 Å². The van der Waals surface area contributed by atoms with Gasteiger partial charge in [0.15, 0.2) is 0 Å². The molecule has 0 radical (unpaired) electrons. The number of benzene rings is 1. The fourth-order valence-electron chi connectivity index (χ4n) is 3.28. The van der Waals surface area contributed by atoms with Crippen molar-refractivity contribution in [1.82, 2.24) is 10.2 Å². The summed E-state index contributed by atoms with van der Waals surface area (Å²) in [5.74, 6) is 1.04. The standard InChI is InChI=1S/C18H24N2O/c1-14-12-19-18(3,16-8-5-4-6-9-16)13-20(14)15(2)17-10-7-11-21-17/h4-11,14-15,19H,12-13H2,1-3H3. The molecule has 1 saturated heterocycles. The molecule has 112 valence electrons. The topological polar surface area (TPSA) is 28.4 Å². The van der Waals surface area contributed by atoms with Crippen LogP contribution in [-0.4, -0.2) is 24.0 Å². The lowest BCUT2D eigenvalue weighted by Crippen LogP contribution is -2.60. The van der Waals surface area contributed by atoms with Crippen molar-refractivity contribution in [1.29, 1.82) is 0 Å². The summed E-state index contributed by atoms with van der Waals surface area (Å²) in [5, 5.41) is 3.72. The van der Waals surface area contributed by atoms with Crippen molar-refractivity contribution in [2.45, 2.75) is 38.4 Å². The van der Waals surface area contributed by atoms with Crippen LogP contribution in [0.2, 0.25) is 0 Å². The van der Waals surface area contributed by atoms with Gasteiger partial charge in [-0.15, -0.1) is 0 Å². The molecule has 1 aromatic heterocycles. The first kappa shape index (κ1) is 14.4. The molecule has 1 fully saturated rings. The molecule has 1 aromatic carbocycles. The van der Waals surface area contributed by atoms with Gasteiger partial charge in [0.2, 0.25) is 0 Å². The van der Waals surface area contributed by atoms with Gasteiger partial charge in [0, 0.05) is 19.1 Å². The molecule has 3 nitrogen and oxygen atoms in total. The van der Waals surface area contributed by atoms with Crippen LogP contribution in [0.3, 0.4) is 0 Å². The largest absolute Gasteiger partial charge is 0.468 e. The lowest BCUT2D eigenvalue weighted by Gasteiger charge is -2.47. The molecule has 21 heavy (non-hydrogen) atoms. The smallest absolute Gasteiger partial charge is 0.120 e. The molecule has 3 heteroatoms. The van der Waals surface area contributed by atoms with Crippen LogP contribution in [0.1, 0.15) is 38.1 Å². The highest BCUT2D eigenvalue weighted by Crippen LogP contribution is 2.32. The monoisotopic (exact) mass is 284 g/mol. The zero-order valence-corrected chi connectivity index (χ0v) is 13.0. The molecule has 1 N–H and O–H groups in total. The molecule has 1 aliphatic heterocycles. The summed E-state index contributed by atoms with van der Waals surface area (Å²) in [6, 6.07) is 15.5. The molecule has 3 atom stereocenters. The number of furan rings is 1. The fourth-order valence-corrected chi connectivity index (χ4v) is 3.28. The van der Waals surface area contributed by atoms with E-state index in [2.05, 4.69) is 67.4 Å². The summed E-state index contributed by atoms with van der Waals surface area (Å²) >= 11 is 0. The number of nitrogens with one attached hydrogen (secondary N) is 1. The predicted octanol–water partition coefficient (Wildman–Crippen LogP) is 3.55. The third-order valence-electron chi connectivity index (χ3n) is 4.72. The van der Waals surface area contributed by atoms with E-state index in [9.17, 15) is 0 Å². The molecule has 3 unspecified atom stereocenters. The maximum Gasteiger partial charge on any atom is 0.120 e. The maximum absolute atomic E-state index is 5.61. The van der Waals surface area contributed by atoms with Crippen LogP contribution in [0, 0.1) is 0 Å². The molecule has 0 aliphatic carbocycles. The molecule has 2 aromatic rings. The summed E-state index contributed by atoms with van der Waals surface area (Å²) in [6.07, 6.45) is 1.76. The van der Waals surface area contributed by atoms with Gasteiger partial charge >= 0.3 is 0 Å². The van der Waals surface area contributed by atoms with Crippen molar-refractivity contribution in [3.8, 4) is 0 Å². The third kappa shape index (κ3) is 2.76. The first-order valence-corrected chi connectivity index (χ1v) is 7.70. The minimum absolute atomic E-state index is 0.0192. The van der Waals surface area contributed by atoms with Crippen LogP contribution < -0.4 is 5.32 Å². The van der Waals surface area contributed by atoms with Crippen LogP contribution in [-0.2, 0) is 5.54 Å². The Bertz CT molecular complexity index is 566. The second kappa shape index (κ2) is 5.66. The highest BCUT2D eigenvalue weighted by molar-refractivity contribution is 5.25. The summed E-state index contributed by atoms with van der Waals surface area (Å²) in [6.45, 7) is 8.75. The van der Waals surface area contributed by atoms with Gasteiger partial charge in [-0.2, -0.15) is 0 Å². The first-order valence-electron chi connectivity index (χ1n) is 7.70. The summed E-state index contributed by atoms with van der Waals surface area (Å²) in [5.41, 5.74) is 1.32. The van der Waals surface area contributed by atoms with E-state index in [4.69, 9.17) is 4.42 Å². The van der Waals surface area contributed by atoms with Gasteiger partial charge in [-0.05, 0) is 38.5 Å². The molecule has 3 rings (SSSR count). The van der Waals surface area contributed by atoms with Crippen molar-refractivity contribution in [3.63, 3.8) is 0 Å². The fraction of sp³-hybridized carbons (Fsp3) is 0.444.